The molecule has 0 atom stereocenters. The first-order valence-electron chi connectivity index (χ1n) is 6.41. The van der Waals surface area contributed by atoms with Gasteiger partial charge in [0.1, 0.15) is 5.82 Å². The van der Waals surface area contributed by atoms with E-state index in [-0.39, 0.29) is 5.82 Å². The van der Waals surface area contributed by atoms with Crippen LogP contribution in [0.5, 0.6) is 0 Å². The van der Waals surface area contributed by atoms with E-state index < -0.39 is 3.79 Å². The first-order chi connectivity index (χ1) is 10.9. The Labute approximate surface area is 157 Å². The Kier molecular flexibility index (Phi) is 4.77. The summed E-state index contributed by atoms with van der Waals surface area (Å²) >= 11 is 30.2. The summed E-state index contributed by atoms with van der Waals surface area (Å²) in [6.45, 7) is 0. The number of nitrogens with one attached hydrogen (secondary N) is 1. The van der Waals surface area contributed by atoms with Gasteiger partial charge in [-0.3, -0.25) is 0 Å². The maximum absolute atomic E-state index is 6.19. The lowest BCUT2D eigenvalue weighted by molar-refractivity contribution is 0.999. The molecular formula is C15H8Cl5N3. The molecule has 0 bridgehead atoms. The molecule has 1 aromatic heterocycles. The van der Waals surface area contributed by atoms with Crippen LogP contribution < -0.4 is 5.32 Å². The van der Waals surface area contributed by atoms with Gasteiger partial charge in [0.15, 0.2) is 5.82 Å². The normalized spacial score (nSPS) is 11.7. The number of alkyl halides is 3. The van der Waals surface area contributed by atoms with Crippen molar-refractivity contribution in [3.8, 4) is 0 Å². The summed E-state index contributed by atoms with van der Waals surface area (Å²) in [6.07, 6.45) is 0. The van der Waals surface area contributed by atoms with Crippen LogP contribution in [0.1, 0.15) is 5.82 Å². The van der Waals surface area contributed by atoms with Crippen molar-refractivity contribution >= 4 is 80.4 Å². The van der Waals surface area contributed by atoms with Gasteiger partial charge in [0.25, 0.3) is 0 Å². The zero-order valence-electron chi connectivity index (χ0n) is 11.3. The quantitative estimate of drug-likeness (QED) is 0.492. The van der Waals surface area contributed by atoms with Gasteiger partial charge in [-0.15, -0.1) is 0 Å². The first kappa shape index (κ1) is 16.9. The summed E-state index contributed by atoms with van der Waals surface area (Å²) in [6, 6.07) is 12.5. The molecule has 8 heteroatoms. The van der Waals surface area contributed by atoms with Gasteiger partial charge in [-0.25, -0.2) is 9.97 Å². The molecule has 2 aromatic carbocycles. The van der Waals surface area contributed by atoms with Crippen molar-refractivity contribution in [2.75, 3.05) is 5.32 Å². The SMILES string of the molecule is Clc1cccc(Cl)c1Nc1nc(C(Cl)(Cl)Cl)nc2ccccc12. The van der Waals surface area contributed by atoms with Gasteiger partial charge in [-0.1, -0.05) is 76.2 Å². The van der Waals surface area contributed by atoms with Crippen molar-refractivity contribution in [2.24, 2.45) is 0 Å². The molecule has 23 heavy (non-hydrogen) atoms. The van der Waals surface area contributed by atoms with E-state index in [1.165, 1.54) is 0 Å². The number of hydrogen-bond acceptors (Lipinski definition) is 3. The molecule has 3 nitrogen and oxygen atoms in total. The van der Waals surface area contributed by atoms with Gasteiger partial charge >= 0.3 is 0 Å². The van der Waals surface area contributed by atoms with E-state index in [1.807, 2.05) is 18.2 Å². The van der Waals surface area contributed by atoms with Gasteiger partial charge in [0.2, 0.25) is 3.79 Å². The topological polar surface area (TPSA) is 37.8 Å². The Bertz CT molecular complexity index is 856. The Balaban J connectivity index is 2.20. The molecule has 0 aliphatic heterocycles. The van der Waals surface area contributed by atoms with E-state index in [2.05, 4.69) is 15.3 Å². The monoisotopic (exact) mass is 405 g/mol. The maximum Gasteiger partial charge on any atom is 0.250 e. The first-order valence-corrected chi connectivity index (χ1v) is 8.30. The maximum atomic E-state index is 6.19. The average Bonchev–Trinajstić information content (AvgIpc) is 2.50. The number of hydrogen-bond donors (Lipinski definition) is 1. The Hall–Kier alpha value is -0.970. The van der Waals surface area contributed by atoms with Crippen molar-refractivity contribution in [1.29, 1.82) is 0 Å². The fraction of sp³-hybridized carbons (Fsp3) is 0.0667. The van der Waals surface area contributed by atoms with E-state index in [0.29, 0.717) is 27.1 Å². The number of fused-ring (bicyclic) bond motifs is 1. The molecule has 3 rings (SSSR count). The molecule has 0 fully saturated rings. The third kappa shape index (κ3) is 3.59. The fourth-order valence-corrected chi connectivity index (χ4v) is 2.78. The van der Waals surface area contributed by atoms with E-state index in [9.17, 15) is 0 Å². The number of benzene rings is 2. The summed E-state index contributed by atoms with van der Waals surface area (Å²) in [7, 11) is 0. The Morgan fingerprint density at radius 2 is 1.48 bits per heavy atom. The molecule has 1 N–H and O–H groups in total. The minimum Gasteiger partial charge on any atom is -0.337 e. The highest BCUT2D eigenvalue weighted by molar-refractivity contribution is 6.66. The third-order valence-corrected chi connectivity index (χ3v) is 4.20. The molecule has 0 aliphatic carbocycles. The number of aromatic nitrogens is 2. The second-order valence-electron chi connectivity index (χ2n) is 4.63. The van der Waals surface area contributed by atoms with Gasteiger partial charge in [-0.05, 0) is 24.3 Å². The number of nitrogens with zero attached hydrogens (tertiary/aromatic N) is 2. The highest BCUT2D eigenvalue weighted by atomic mass is 35.6. The Morgan fingerprint density at radius 1 is 0.826 bits per heavy atom. The molecule has 0 amide bonds. The summed E-state index contributed by atoms with van der Waals surface area (Å²) in [5.74, 6) is 0.513. The molecule has 0 saturated carbocycles. The van der Waals surface area contributed by atoms with Crippen molar-refractivity contribution < 1.29 is 0 Å². The van der Waals surface area contributed by atoms with E-state index in [0.717, 1.165) is 5.39 Å². The fourth-order valence-electron chi connectivity index (χ4n) is 2.03. The van der Waals surface area contributed by atoms with Crippen LogP contribution >= 0.6 is 58.0 Å². The van der Waals surface area contributed by atoms with Crippen LogP contribution in [0, 0.1) is 0 Å². The average molecular weight is 408 g/mol. The van der Waals surface area contributed by atoms with Crippen molar-refractivity contribution in [3.05, 3.63) is 58.3 Å². The minimum atomic E-state index is -1.75. The highest BCUT2D eigenvalue weighted by Crippen LogP contribution is 2.39. The van der Waals surface area contributed by atoms with Crippen molar-refractivity contribution in [2.45, 2.75) is 3.79 Å². The Morgan fingerprint density at radius 3 is 2.13 bits per heavy atom. The molecular weight excluding hydrogens is 399 g/mol. The van der Waals surface area contributed by atoms with E-state index >= 15 is 0 Å². The lowest BCUT2D eigenvalue weighted by atomic mass is 10.2. The molecule has 0 aliphatic rings. The number of rotatable bonds is 2. The van der Waals surface area contributed by atoms with Crippen molar-refractivity contribution in [3.63, 3.8) is 0 Å². The highest BCUT2D eigenvalue weighted by Gasteiger charge is 2.28. The van der Waals surface area contributed by atoms with Gasteiger partial charge in [0.05, 0.1) is 21.2 Å². The number of para-hydroxylation sites is 2. The van der Waals surface area contributed by atoms with Gasteiger partial charge < -0.3 is 5.32 Å². The predicted octanol–water partition coefficient (Wildman–Crippen LogP) is 6.51. The second kappa shape index (κ2) is 6.50. The summed E-state index contributed by atoms with van der Waals surface area (Å²) in [5.41, 5.74) is 1.16. The lowest BCUT2D eigenvalue weighted by Gasteiger charge is -2.15. The lowest BCUT2D eigenvalue weighted by Crippen LogP contribution is -2.10. The summed E-state index contributed by atoms with van der Waals surface area (Å²) in [4.78, 5) is 8.60. The standard InChI is InChI=1S/C15H8Cl5N3/c16-9-5-3-6-10(17)12(9)22-13-8-4-1-2-7-11(8)21-14(23-13)15(18,19)20/h1-7H,(H,21,22,23). The van der Waals surface area contributed by atoms with Crippen LogP contribution in [-0.2, 0) is 3.79 Å². The van der Waals surface area contributed by atoms with Gasteiger partial charge in [-0.2, -0.15) is 0 Å². The zero-order valence-corrected chi connectivity index (χ0v) is 15.1. The smallest absolute Gasteiger partial charge is 0.250 e. The summed E-state index contributed by atoms with van der Waals surface area (Å²) in [5, 5.41) is 4.76. The van der Waals surface area contributed by atoms with E-state index in [1.54, 1.807) is 24.3 Å². The molecule has 0 radical (unpaired) electrons. The van der Waals surface area contributed by atoms with Crippen LogP contribution in [0.4, 0.5) is 11.5 Å². The number of halogens is 5. The zero-order chi connectivity index (χ0) is 16.6. The predicted molar refractivity (Wildman–Crippen MR) is 98.5 cm³/mol. The van der Waals surface area contributed by atoms with Crippen LogP contribution in [-0.4, -0.2) is 9.97 Å². The summed E-state index contributed by atoms with van der Waals surface area (Å²) < 4.78 is -1.75. The molecule has 118 valence electrons. The molecule has 0 unspecified atom stereocenters. The van der Waals surface area contributed by atoms with Crippen molar-refractivity contribution in [1.82, 2.24) is 9.97 Å². The third-order valence-electron chi connectivity index (χ3n) is 3.06. The van der Waals surface area contributed by atoms with Crippen LogP contribution in [0.15, 0.2) is 42.5 Å². The molecule has 1 heterocycles. The number of anilines is 2. The molecule has 0 saturated heterocycles. The molecule has 0 spiro atoms. The largest absolute Gasteiger partial charge is 0.337 e. The molecule has 3 aromatic rings. The minimum absolute atomic E-state index is 0.0619. The van der Waals surface area contributed by atoms with Gasteiger partial charge in [0, 0.05) is 5.39 Å². The van der Waals surface area contributed by atoms with Crippen LogP contribution in [0.25, 0.3) is 10.9 Å². The van der Waals surface area contributed by atoms with Crippen LogP contribution in [0.3, 0.4) is 0 Å². The van der Waals surface area contributed by atoms with E-state index in [4.69, 9.17) is 58.0 Å². The second-order valence-corrected chi connectivity index (χ2v) is 7.73. The van der Waals surface area contributed by atoms with Crippen LogP contribution in [0.2, 0.25) is 10.0 Å².